The van der Waals surface area contributed by atoms with Gasteiger partial charge in [-0.05, 0) is 38.6 Å². The van der Waals surface area contributed by atoms with Crippen LogP contribution in [0.5, 0.6) is 5.75 Å². The maximum absolute atomic E-state index is 5.51. The first-order valence-corrected chi connectivity index (χ1v) is 9.59. The number of piperazine rings is 1. The molecule has 154 valence electrons. The molecule has 1 unspecified atom stereocenters. The summed E-state index contributed by atoms with van der Waals surface area (Å²) >= 11 is 0. The van der Waals surface area contributed by atoms with E-state index in [-0.39, 0.29) is 24.0 Å². The molecule has 0 aliphatic carbocycles. The molecule has 0 saturated carbocycles. The fourth-order valence-corrected chi connectivity index (χ4v) is 3.22. The predicted octanol–water partition coefficient (Wildman–Crippen LogP) is 2.35. The van der Waals surface area contributed by atoms with E-state index >= 15 is 0 Å². The fraction of sp³-hybridized carbons (Fsp3) is 0.650. The molecule has 0 bridgehead atoms. The van der Waals surface area contributed by atoms with E-state index in [0.717, 1.165) is 51.0 Å². The van der Waals surface area contributed by atoms with Crippen molar-refractivity contribution in [3.63, 3.8) is 0 Å². The van der Waals surface area contributed by atoms with Crippen LogP contribution in [0.4, 0.5) is 0 Å². The van der Waals surface area contributed by atoms with Gasteiger partial charge in [0.15, 0.2) is 5.96 Å². The fourth-order valence-electron chi connectivity index (χ4n) is 3.22. The highest BCUT2D eigenvalue weighted by atomic mass is 127. The number of hydrogen-bond acceptors (Lipinski definition) is 4. The second-order valence-corrected chi connectivity index (χ2v) is 7.05. The molecular formula is C20H36IN5O. The third-order valence-electron chi connectivity index (χ3n) is 4.94. The summed E-state index contributed by atoms with van der Waals surface area (Å²) in [6, 6.07) is 8.78. The summed E-state index contributed by atoms with van der Waals surface area (Å²) in [6.45, 7) is 11.3. The van der Waals surface area contributed by atoms with Crippen LogP contribution in [0.3, 0.4) is 0 Å². The number of likely N-dealkylation sites (N-methyl/N-ethyl adjacent to an activating group) is 1. The molecule has 1 aromatic rings. The van der Waals surface area contributed by atoms with E-state index in [1.54, 1.807) is 0 Å². The molecule has 7 heteroatoms. The van der Waals surface area contributed by atoms with Gasteiger partial charge in [-0.1, -0.05) is 12.1 Å². The van der Waals surface area contributed by atoms with Gasteiger partial charge in [-0.15, -0.1) is 24.0 Å². The molecule has 27 heavy (non-hydrogen) atoms. The third-order valence-corrected chi connectivity index (χ3v) is 4.94. The van der Waals surface area contributed by atoms with Crippen LogP contribution in [-0.4, -0.2) is 87.2 Å². The molecule has 6 nitrogen and oxygen atoms in total. The summed E-state index contributed by atoms with van der Waals surface area (Å²) in [5.74, 6) is 1.85. The number of halogens is 1. The quantitative estimate of drug-likeness (QED) is 0.362. The normalized spacial score (nSPS) is 17.1. The van der Waals surface area contributed by atoms with Crippen molar-refractivity contribution in [2.75, 3.05) is 60.5 Å². The van der Waals surface area contributed by atoms with Crippen LogP contribution < -0.4 is 10.1 Å². The lowest BCUT2D eigenvalue weighted by Gasteiger charge is -2.37. The second-order valence-electron chi connectivity index (χ2n) is 7.05. The van der Waals surface area contributed by atoms with Gasteiger partial charge in [0.25, 0.3) is 0 Å². The lowest BCUT2D eigenvalue weighted by molar-refractivity contribution is 0.119. The predicted molar refractivity (Wildman–Crippen MR) is 124 cm³/mol. The Balaban J connectivity index is 0.00000364. The average molecular weight is 489 g/mol. The highest BCUT2D eigenvalue weighted by Crippen LogP contribution is 2.13. The van der Waals surface area contributed by atoms with Crippen molar-refractivity contribution in [1.82, 2.24) is 20.0 Å². The molecular weight excluding hydrogens is 453 g/mol. The Morgan fingerprint density at radius 2 is 1.85 bits per heavy atom. The van der Waals surface area contributed by atoms with E-state index in [4.69, 9.17) is 4.74 Å². The number of nitrogens with zero attached hydrogens (tertiary/aromatic N) is 4. The summed E-state index contributed by atoms with van der Waals surface area (Å²) in [4.78, 5) is 11.5. The van der Waals surface area contributed by atoms with Crippen molar-refractivity contribution in [2.24, 2.45) is 4.99 Å². The van der Waals surface area contributed by atoms with Crippen LogP contribution >= 0.6 is 24.0 Å². The molecule has 1 atom stereocenters. The summed E-state index contributed by atoms with van der Waals surface area (Å²) < 4.78 is 5.51. The number of aliphatic imine (C=N–C) groups is 1. The number of rotatable bonds is 7. The molecule has 1 N–H and O–H groups in total. The number of benzene rings is 1. The first-order chi connectivity index (χ1) is 12.5. The molecule has 1 fully saturated rings. The van der Waals surface area contributed by atoms with Crippen LogP contribution in [0.15, 0.2) is 29.3 Å². The molecule has 1 aromatic carbocycles. The molecule has 2 rings (SSSR count). The minimum atomic E-state index is 0. The van der Waals surface area contributed by atoms with E-state index in [2.05, 4.69) is 58.2 Å². The van der Waals surface area contributed by atoms with Crippen molar-refractivity contribution in [1.29, 1.82) is 0 Å². The summed E-state index contributed by atoms with van der Waals surface area (Å²) in [6.07, 6.45) is 0. The first kappa shape index (κ1) is 24.0. The Morgan fingerprint density at radius 1 is 1.22 bits per heavy atom. The topological polar surface area (TPSA) is 43.3 Å². The second kappa shape index (κ2) is 12.4. The standard InChI is InChI=1S/C20H35N5O.HI/c1-6-26-19-9-7-18(8-10-19)16-24(5)20(21-3)22-15-17(2)25-13-11-23(4)12-14-25;/h7-10,17H,6,11-16H2,1-5H3,(H,21,22);1H. The van der Waals surface area contributed by atoms with Crippen LogP contribution in [0, 0.1) is 0 Å². The van der Waals surface area contributed by atoms with Gasteiger partial charge in [0.05, 0.1) is 6.61 Å². The number of hydrogen-bond donors (Lipinski definition) is 1. The highest BCUT2D eigenvalue weighted by Gasteiger charge is 2.19. The smallest absolute Gasteiger partial charge is 0.193 e. The molecule has 1 saturated heterocycles. The molecule has 0 radical (unpaired) electrons. The summed E-state index contributed by atoms with van der Waals surface area (Å²) in [5, 5.41) is 3.53. The Labute approximate surface area is 182 Å². The van der Waals surface area contributed by atoms with E-state index in [1.165, 1.54) is 5.56 Å². The molecule has 0 spiro atoms. The zero-order chi connectivity index (χ0) is 18.9. The van der Waals surface area contributed by atoms with Crippen LogP contribution in [0.1, 0.15) is 19.4 Å². The van der Waals surface area contributed by atoms with Gasteiger partial charge < -0.3 is 19.9 Å². The molecule has 1 heterocycles. The monoisotopic (exact) mass is 489 g/mol. The Hall–Kier alpha value is -1.06. The average Bonchev–Trinajstić information content (AvgIpc) is 2.64. The Morgan fingerprint density at radius 3 is 2.41 bits per heavy atom. The van der Waals surface area contributed by atoms with Crippen LogP contribution in [-0.2, 0) is 6.54 Å². The molecule has 0 amide bonds. The van der Waals surface area contributed by atoms with Crippen LogP contribution in [0.2, 0.25) is 0 Å². The molecule has 0 aromatic heterocycles. The molecule has 1 aliphatic heterocycles. The zero-order valence-corrected chi connectivity index (χ0v) is 19.8. The van der Waals surface area contributed by atoms with Crippen molar-refractivity contribution in [3.8, 4) is 5.75 Å². The maximum Gasteiger partial charge on any atom is 0.193 e. The van der Waals surface area contributed by atoms with Crippen molar-refractivity contribution >= 4 is 29.9 Å². The Bertz CT molecular complexity index is 558. The SMILES string of the molecule is CCOc1ccc(CN(C)C(=NC)NCC(C)N2CCN(C)CC2)cc1.I. The minimum Gasteiger partial charge on any atom is -0.494 e. The summed E-state index contributed by atoms with van der Waals surface area (Å²) in [7, 11) is 6.11. The Kier molecular flexibility index (Phi) is 11.0. The van der Waals surface area contributed by atoms with E-state index in [0.29, 0.717) is 12.6 Å². The third kappa shape index (κ3) is 7.83. The van der Waals surface area contributed by atoms with Gasteiger partial charge in [-0.25, -0.2) is 0 Å². The van der Waals surface area contributed by atoms with Crippen LogP contribution in [0.25, 0.3) is 0 Å². The van der Waals surface area contributed by atoms with Gasteiger partial charge in [0.2, 0.25) is 0 Å². The summed E-state index contributed by atoms with van der Waals surface area (Å²) in [5.41, 5.74) is 1.24. The number of guanidine groups is 1. The van der Waals surface area contributed by atoms with Gasteiger partial charge in [-0.2, -0.15) is 0 Å². The van der Waals surface area contributed by atoms with E-state index in [1.807, 2.05) is 26.1 Å². The van der Waals surface area contributed by atoms with Crippen molar-refractivity contribution in [2.45, 2.75) is 26.4 Å². The minimum absolute atomic E-state index is 0. The maximum atomic E-state index is 5.51. The van der Waals surface area contributed by atoms with Gasteiger partial charge in [0, 0.05) is 59.4 Å². The van der Waals surface area contributed by atoms with E-state index < -0.39 is 0 Å². The van der Waals surface area contributed by atoms with Crippen molar-refractivity contribution < 1.29 is 4.74 Å². The zero-order valence-electron chi connectivity index (χ0n) is 17.4. The van der Waals surface area contributed by atoms with Crippen molar-refractivity contribution in [3.05, 3.63) is 29.8 Å². The first-order valence-electron chi connectivity index (χ1n) is 9.59. The van der Waals surface area contributed by atoms with Gasteiger partial charge in [0.1, 0.15) is 5.75 Å². The van der Waals surface area contributed by atoms with E-state index in [9.17, 15) is 0 Å². The van der Waals surface area contributed by atoms with Gasteiger partial charge in [-0.3, -0.25) is 9.89 Å². The highest BCUT2D eigenvalue weighted by molar-refractivity contribution is 14.0. The number of nitrogens with one attached hydrogen (secondary N) is 1. The molecule has 1 aliphatic rings. The largest absolute Gasteiger partial charge is 0.494 e. The number of ether oxygens (including phenoxy) is 1. The van der Waals surface area contributed by atoms with Gasteiger partial charge >= 0.3 is 0 Å². The lowest BCUT2D eigenvalue weighted by Crippen LogP contribution is -2.52. The lowest BCUT2D eigenvalue weighted by atomic mass is 10.2.